The van der Waals surface area contributed by atoms with Crippen LogP contribution >= 0.6 is 0 Å². The fraction of sp³-hybridized carbons (Fsp3) is 0.733. The van der Waals surface area contributed by atoms with Crippen molar-refractivity contribution in [2.45, 2.75) is 73.6 Å². The molecule has 0 aliphatic carbocycles. The van der Waals surface area contributed by atoms with E-state index in [0.29, 0.717) is 0 Å². The summed E-state index contributed by atoms with van der Waals surface area (Å²) in [5.41, 5.74) is 1.54. The third kappa shape index (κ3) is 16.2. The van der Waals surface area contributed by atoms with Crippen molar-refractivity contribution in [2.24, 2.45) is 0 Å². The summed E-state index contributed by atoms with van der Waals surface area (Å²) in [7, 11) is 0. The van der Waals surface area contributed by atoms with Crippen LogP contribution in [0.25, 0.3) is 0 Å². The van der Waals surface area contributed by atoms with Crippen molar-refractivity contribution in [2.75, 3.05) is 0 Å². The molecule has 0 heteroatoms. The molecule has 0 bridgehead atoms. The third-order valence-electron chi connectivity index (χ3n) is 2.16. The molecule has 0 aromatic rings. The van der Waals surface area contributed by atoms with Gasteiger partial charge in [0.15, 0.2) is 0 Å². The average Bonchev–Trinajstić information content (AvgIpc) is 2.25. The van der Waals surface area contributed by atoms with Crippen LogP contribution in [0, 0.1) is 0 Å². The van der Waals surface area contributed by atoms with Gasteiger partial charge in [-0.2, -0.15) is 0 Å². The highest BCUT2D eigenvalue weighted by atomic mass is 14.0. The van der Waals surface area contributed by atoms with Crippen LogP contribution < -0.4 is 0 Å². The molecule has 92 valence electrons. The standard InChI is InChI=1S/C12H22.C2H6.CH4/c1-4-7-8-9-11-12(6-3)10-5-2;1-2;/h5,10H,2,4,6-9,11H2,1,3H3;1-2H3;1H4/b12-10+;;. The fourth-order valence-electron chi connectivity index (χ4n) is 1.32. The van der Waals surface area contributed by atoms with Crippen molar-refractivity contribution < 1.29 is 0 Å². The monoisotopic (exact) mass is 212 g/mol. The molecule has 0 saturated heterocycles. The van der Waals surface area contributed by atoms with Gasteiger partial charge in [-0.25, -0.2) is 0 Å². The zero-order valence-corrected chi connectivity index (χ0v) is 10.6. The van der Waals surface area contributed by atoms with E-state index in [0.717, 1.165) is 0 Å². The largest absolute Gasteiger partial charge is 0.0991 e. The molecule has 0 aliphatic rings. The lowest BCUT2D eigenvalue weighted by Crippen LogP contribution is -1.82. The Morgan fingerprint density at radius 1 is 1.07 bits per heavy atom. The highest BCUT2D eigenvalue weighted by molar-refractivity contribution is 5.09. The van der Waals surface area contributed by atoms with E-state index < -0.39 is 0 Å². The predicted octanol–water partition coefficient (Wildman–Crippen LogP) is 6.14. The van der Waals surface area contributed by atoms with Gasteiger partial charge in [0.05, 0.1) is 0 Å². The molecular formula is C15H32. The zero-order valence-electron chi connectivity index (χ0n) is 10.6. The van der Waals surface area contributed by atoms with Crippen molar-refractivity contribution >= 4 is 0 Å². The first kappa shape index (κ1) is 20.0. The maximum absolute atomic E-state index is 3.72. The van der Waals surface area contributed by atoms with Gasteiger partial charge in [0, 0.05) is 0 Å². The summed E-state index contributed by atoms with van der Waals surface area (Å²) >= 11 is 0. The normalized spacial score (nSPS) is 9.73. The number of rotatable bonds is 7. The van der Waals surface area contributed by atoms with E-state index in [9.17, 15) is 0 Å². The Kier molecular flexibility index (Phi) is 25.4. The SMILES string of the molecule is C.C=C/C=C(\CC)CCCCCC.CC. The van der Waals surface area contributed by atoms with Gasteiger partial charge in [-0.1, -0.05) is 78.7 Å². The first-order valence-corrected chi connectivity index (χ1v) is 6.15. The number of hydrogen-bond donors (Lipinski definition) is 0. The van der Waals surface area contributed by atoms with Gasteiger partial charge in [-0.3, -0.25) is 0 Å². The van der Waals surface area contributed by atoms with E-state index in [1.807, 2.05) is 19.9 Å². The highest BCUT2D eigenvalue weighted by Gasteiger charge is 1.92. The summed E-state index contributed by atoms with van der Waals surface area (Å²) in [6, 6.07) is 0. The van der Waals surface area contributed by atoms with Gasteiger partial charge in [0.25, 0.3) is 0 Å². The second-order valence-corrected chi connectivity index (χ2v) is 3.22. The Bertz CT molecular complexity index is 131. The predicted molar refractivity (Wildman–Crippen MR) is 75.4 cm³/mol. The van der Waals surface area contributed by atoms with Crippen LogP contribution in [0.4, 0.5) is 0 Å². The molecule has 15 heavy (non-hydrogen) atoms. The summed E-state index contributed by atoms with van der Waals surface area (Å²) in [6.07, 6.45) is 11.9. The van der Waals surface area contributed by atoms with Crippen LogP contribution in [0.2, 0.25) is 0 Å². The van der Waals surface area contributed by atoms with E-state index in [1.54, 1.807) is 5.57 Å². The molecule has 0 aromatic heterocycles. The molecule has 0 aromatic carbocycles. The molecule has 0 atom stereocenters. The molecule has 0 unspecified atom stereocenters. The maximum atomic E-state index is 3.72. The molecule has 0 spiro atoms. The summed E-state index contributed by atoms with van der Waals surface area (Å²) in [5.74, 6) is 0. The first-order valence-electron chi connectivity index (χ1n) is 6.15. The van der Waals surface area contributed by atoms with Gasteiger partial charge in [-0.05, 0) is 19.3 Å². The van der Waals surface area contributed by atoms with E-state index >= 15 is 0 Å². The Hall–Kier alpha value is -0.520. The number of unbranched alkanes of at least 4 members (excludes halogenated alkanes) is 3. The summed E-state index contributed by atoms with van der Waals surface area (Å²) in [6.45, 7) is 12.2. The second-order valence-electron chi connectivity index (χ2n) is 3.22. The van der Waals surface area contributed by atoms with Crippen molar-refractivity contribution in [3.8, 4) is 0 Å². The van der Waals surface area contributed by atoms with Crippen LogP contribution in [-0.4, -0.2) is 0 Å². The first-order chi connectivity index (χ1) is 6.85. The van der Waals surface area contributed by atoms with Crippen molar-refractivity contribution in [3.63, 3.8) is 0 Å². The van der Waals surface area contributed by atoms with Gasteiger partial charge >= 0.3 is 0 Å². The molecule has 0 saturated carbocycles. The van der Waals surface area contributed by atoms with Crippen molar-refractivity contribution in [1.29, 1.82) is 0 Å². The zero-order chi connectivity index (χ0) is 11.2. The molecular weight excluding hydrogens is 180 g/mol. The number of hydrogen-bond acceptors (Lipinski definition) is 0. The topological polar surface area (TPSA) is 0 Å². The second kappa shape index (κ2) is 19.1. The van der Waals surface area contributed by atoms with Gasteiger partial charge in [0.1, 0.15) is 0 Å². The Balaban J connectivity index is -0.000000449. The van der Waals surface area contributed by atoms with Gasteiger partial charge in [0.2, 0.25) is 0 Å². The van der Waals surface area contributed by atoms with Crippen LogP contribution in [-0.2, 0) is 0 Å². The lowest BCUT2D eigenvalue weighted by atomic mass is 10.0. The molecule has 0 nitrogen and oxygen atoms in total. The smallest absolute Gasteiger partial charge is 0.0317 e. The molecule has 0 aliphatic heterocycles. The van der Waals surface area contributed by atoms with E-state index in [4.69, 9.17) is 0 Å². The van der Waals surface area contributed by atoms with Crippen LogP contribution in [0.15, 0.2) is 24.3 Å². The van der Waals surface area contributed by atoms with Crippen LogP contribution in [0.3, 0.4) is 0 Å². The van der Waals surface area contributed by atoms with E-state index in [-0.39, 0.29) is 7.43 Å². The van der Waals surface area contributed by atoms with Gasteiger partial charge in [-0.15, -0.1) is 0 Å². The lowest BCUT2D eigenvalue weighted by Gasteiger charge is -2.02. The highest BCUT2D eigenvalue weighted by Crippen LogP contribution is 2.12. The maximum Gasteiger partial charge on any atom is -0.0317 e. The minimum absolute atomic E-state index is 0. The minimum atomic E-state index is 0. The Morgan fingerprint density at radius 2 is 1.67 bits per heavy atom. The van der Waals surface area contributed by atoms with Crippen LogP contribution in [0.1, 0.15) is 73.6 Å². The van der Waals surface area contributed by atoms with E-state index in [2.05, 4.69) is 26.5 Å². The van der Waals surface area contributed by atoms with E-state index in [1.165, 1.54) is 38.5 Å². The fourth-order valence-corrected chi connectivity index (χ4v) is 1.32. The Morgan fingerprint density at radius 3 is 2.07 bits per heavy atom. The minimum Gasteiger partial charge on any atom is -0.0991 e. The molecule has 0 fully saturated rings. The number of allylic oxidation sites excluding steroid dienone is 3. The van der Waals surface area contributed by atoms with Gasteiger partial charge < -0.3 is 0 Å². The van der Waals surface area contributed by atoms with Crippen molar-refractivity contribution in [3.05, 3.63) is 24.3 Å². The quantitative estimate of drug-likeness (QED) is 0.351. The molecule has 0 radical (unpaired) electrons. The molecule has 0 rings (SSSR count). The third-order valence-corrected chi connectivity index (χ3v) is 2.16. The van der Waals surface area contributed by atoms with Crippen molar-refractivity contribution in [1.82, 2.24) is 0 Å². The molecule has 0 N–H and O–H groups in total. The average molecular weight is 212 g/mol. The van der Waals surface area contributed by atoms with Crippen LogP contribution in [0.5, 0.6) is 0 Å². The summed E-state index contributed by atoms with van der Waals surface area (Å²) < 4.78 is 0. The molecule has 0 heterocycles. The molecule has 0 amide bonds. The Labute approximate surface area is 98.5 Å². The lowest BCUT2D eigenvalue weighted by molar-refractivity contribution is 0.658. The summed E-state index contributed by atoms with van der Waals surface area (Å²) in [5, 5.41) is 0. The summed E-state index contributed by atoms with van der Waals surface area (Å²) in [4.78, 5) is 0.